The molecular weight excluding hydrogens is 490 g/mol. The molecule has 0 saturated heterocycles. The summed E-state index contributed by atoms with van der Waals surface area (Å²) in [5.41, 5.74) is 7.30. The lowest BCUT2D eigenvalue weighted by Gasteiger charge is -2.17. The number of fused-ring (bicyclic) bond motifs is 1. The van der Waals surface area contributed by atoms with Crippen molar-refractivity contribution in [3.05, 3.63) is 125 Å². The smallest absolute Gasteiger partial charge is 0.163 e. The van der Waals surface area contributed by atoms with E-state index in [4.69, 9.17) is 15.0 Å². The van der Waals surface area contributed by atoms with Gasteiger partial charge < -0.3 is 0 Å². The molecule has 196 valence electrons. The molecule has 0 fully saturated rings. The van der Waals surface area contributed by atoms with Crippen molar-refractivity contribution >= 4 is 22.4 Å². The number of nitrogens with zero attached hydrogens (tertiary/aromatic N) is 5. The van der Waals surface area contributed by atoms with Crippen molar-refractivity contribution in [1.29, 1.82) is 0 Å². The van der Waals surface area contributed by atoms with Gasteiger partial charge in [-0.15, -0.1) is 0 Å². The Labute approximate surface area is 235 Å². The molecule has 2 aromatic heterocycles. The van der Waals surface area contributed by atoms with Crippen LogP contribution in [0.5, 0.6) is 0 Å². The average Bonchev–Trinajstić information content (AvgIpc) is 2.97. The topological polar surface area (TPSA) is 64.5 Å². The van der Waals surface area contributed by atoms with Gasteiger partial charge in [-0.1, -0.05) is 78.9 Å². The largest absolute Gasteiger partial charge is 0.233 e. The number of benzene rings is 3. The maximum absolute atomic E-state index is 5.01. The zero-order valence-corrected chi connectivity index (χ0v) is 23.3. The molecule has 5 heteroatoms. The highest BCUT2D eigenvalue weighted by atomic mass is 15.0. The fourth-order valence-electron chi connectivity index (χ4n) is 5.16. The van der Waals surface area contributed by atoms with Crippen LogP contribution in [0.4, 0.5) is 0 Å². The van der Waals surface area contributed by atoms with Crippen LogP contribution in [0.3, 0.4) is 0 Å². The van der Waals surface area contributed by atoms with E-state index in [2.05, 4.69) is 108 Å². The molecule has 0 amide bonds. The zero-order chi connectivity index (χ0) is 27.6. The van der Waals surface area contributed by atoms with Crippen LogP contribution in [0.2, 0.25) is 0 Å². The van der Waals surface area contributed by atoms with E-state index in [9.17, 15) is 0 Å². The van der Waals surface area contributed by atoms with E-state index < -0.39 is 0 Å². The fraction of sp³-hybridized carbons (Fsp3) is 0.171. The molecule has 0 radical (unpaired) electrons. The highest BCUT2D eigenvalue weighted by molar-refractivity contribution is 5.86. The zero-order valence-electron chi connectivity index (χ0n) is 23.3. The van der Waals surface area contributed by atoms with E-state index in [-0.39, 0.29) is 5.92 Å². The fourth-order valence-corrected chi connectivity index (χ4v) is 5.16. The van der Waals surface area contributed by atoms with Crippen LogP contribution in [0.25, 0.3) is 45.2 Å². The highest BCUT2D eigenvalue weighted by Crippen LogP contribution is 2.31. The normalized spacial score (nSPS) is 15.1. The van der Waals surface area contributed by atoms with Gasteiger partial charge in [-0.25, -0.2) is 24.9 Å². The summed E-state index contributed by atoms with van der Waals surface area (Å²) in [5, 5.41) is 2.35. The second-order valence-corrected chi connectivity index (χ2v) is 10.3. The van der Waals surface area contributed by atoms with Gasteiger partial charge in [0.15, 0.2) is 17.5 Å². The Bertz CT molecular complexity index is 1810. The molecule has 1 unspecified atom stereocenters. The number of hydrogen-bond donors (Lipinski definition) is 0. The minimum atomic E-state index is 0.0269. The first kappa shape index (κ1) is 25.5. The minimum absolute atomic E-state index is 0.0269. The van der Waals surface area contributed by atoms with Gasteiger partial charge in [0.05, 0.1) is 0 Å². The van der Waals surface area contributed by atoms with E-state index >= 15 is 0 Å². The number of aryl methyl sites for hydroxylation is 3. The maximum Gasteiger partial charge on any atom is 0.163 e. The lowest BCUT2D eigenvalue weighted by Crippen LogP contribution is -2.09. The number of rotatable bonds is 5. The molecule has 0 saturated carbocycles. The quantitative estimate of drug-likeness (QED) is 0.233. The van der Waals surface area contributed by atoms with Crippen molar-refractivity contribution in [3.63, 3.8) is 0 Å². The third kappa shape index (κ3) is 5.23. The first-order chi connectivity index (χ1) is 19.5. The molecule has 1 aliphatic rings. The molecule has 2 heterocycles. The van der Waals surface area contributed by atoms with Gasteiger partial charge in [-0.3, -0.25) is 0 Å². The maximum atomic E-state index is 5.01. The molecule has 0 N–H and O–H groups in total. The number of aromatic nitrogens is 5. The molecule has 3 aromatic carbocycles. The summed E-state index contributed by atoms with van der Waals surface area (Å²) in [4.78, 5) is 24.3. The van der Waals surface area contributed by atoms with Crippen LogP contribution in [-0.2, 0) is 0 Å². The summed E-state index contributed by atoms with van der Waals surface area (Å²) in [5.74, 6) is 2.91. The summed E-state index contributed by atoms with van der Waals surface area (Å²) in [7, 11) is 0. The van der Waals surface area contributed by atoms with Gasteiger partial charge in [0.2, 0.25) is 0 Å². The van der Waals surface area contributed by atoms with E-state index in [1.165, 1.54) is 16.5 Å². The van der Waals surface area contributed by atoms with Crippen molar-refractivity contribution in [2.45, 2.75) is 40.0 Å². The average molecular weight is 522 g/mol. The molecule has 5 nitrogen and oxygen atoms in total. The van der Waals surface area contributed by atoms with E-state index in [0.29, 0.717) is 11.6 Å². The Balaban J connectivity index is 1.41. The van der Waals surface area contributed by atoms with Crippen molar-refractivity contribution in [1.82, 2.24) is 24.9 Å². The molecule has 40 heavy (non-hydrogen) atoms. The second-order valence-electron chi connectivity index (χ2n) is 10.3. The molecule has 6 rings (SSSR count). The van der Waals surface area contributed by atoms with Crippen LogP contribution in [0.15, 0.2) is 91.0 Å². The van der Waals surface area contributed by atoms with Crippen LogP contribution in [0.1, 0.15) is 53.4 Å². The van der Waals surface area contributed by atoms with Gasteiger partial charge in [0.25, 0.3) is 0 Å². The molecule has 1 aliphatic carbocycles. The van der Waals surface area contributed by atoms with Gasteiger partial charge in [0.1, 0.15) is 5.82 Å². The molecular formula is C35H31N5. The van der Waals surface area contributed by atoms with Crippen molar-refractivity contribution in [2.75, 3.05) is 0 Å². The summed E-state index contributed by atoms with van der Waals surface area (Å²) < 4.78 is 0. The Morgan fingerprint density at radius 3 is 2.08 bits per heavy atom. The Kier molecular flexibility index (Phi) is 6.87. The van der Waals surface area contributed by atoms with Gasteiger partial charge >= 0.3 is 0 Å². The van der Waals surface area contributed by atoms with Crippen LogP contribution in [-0.4, -0.2) is 24.9 Å². The number of allylic oxidation sites excluding steroid dienone is 5. The summed E-state index contributed by atoms with van der Waals surface area (Å²) in [6.45, 7) is 8.16. The Morgan fingerprint density at radius 2 is 1.40 bits per heavy atom. The Morgan fingerprint density at radius 1 is 0.700 bits per heavy atom. The summed E-state index contributed by atoms with van der Waals surface area (Å²) in [6, 6.07) is 23.1. The summed E-state index contributed by atoms with van der Waals surface area (Å²) >= 11 is 0. The van der Waals surface area contributed by atoms with Crippen LogP contribution >= 0.6 is 0 Å². The van der Waals surface area contributed by atoms with E-state index in [1.807, 2.05) is 26.8 Å². The lowest BCUT2D eigenvalue weighted by molar-refractivity contribution is 0.765. The third-order valence-corrected chi connectivity index (χ3v) is 7.21. The lowest BCUT2D eigenvalue weighted by atomic mass is 9.95. The molecule has 5 aromatic rings. The van der Waals surface area contributed by atoms with Gasteiger partial charge in [0, 0.05) is 34.0 Å². The third-order valence-electron chi connectivity index (χ3n) is 7.21. The highest BCUT2D eigenvalue weighted by Gasteiger charge is 2.20. The number of hydrogen-bond acceptors (Lipinski definition) is 5. The van der Waals surface area contributed by atoms with E-state index in [0.717, 1.165) is 51.5 Å². The molecule has 0 aliphatic heterocycles. The SMILES string of the molecule is C/C=C\c1ccc(-c2nc(-c3ccc4ccccc4c3)nc(C3C=CC(c4nc(C)cc(C)n4)=CC3)n2)cc1C. The van der Waals surface area contributed by atoms with Gasteiger partial charge in [-0.2, -0.15) is 0 Å². The molecule has 0 spiro atoms. The second kappa shape index (κ2) is 10.8. The predicted octanol–water partition coefficient (Wildman–Crippen LogP) is 8.23. The summed E-state index contributed by atoms with van der Waals surface area (Å²) in [6.07, 6.45) is 11.4. The van der Waals surface area contributed by atoms with Crippen LogP contribution in [0, 0.1) is 20.8 Å². The first-order valence-corrected chi connectivity index (χ1v) is 13.7. The van der Waals surface area contributed by atoms with Crippen molar-refractivity contribution in [3.8, 4) is 22.8 Å². The first-order valence-electron chi connectivity index (χ1n) is 13.7. The van der Waals surface area contributed by atoms with Crippen molar-refractivity contribution in [2.24, 2.45) is 0 Å². The predicted molar refractivity (Wildman–Crippen MR) is 164 cm³/mol. The standard InChI is InChI=1S/C35H31N5/c1-5-8-25-11-17-30(19-22(25)2)34-38-33(28-15-13-27(14-16-28)32-36-23(3)20-24(4)37-32)39-35(40-34)31-18-12-26-9-6-7-10-29(26)21-31/h5-15,17-21,28H,16H2,1-4H3/b8-5-. The van der Waals surface area contributed by atoms with Gasteiger partial charge in [-0.05, 0) is 74.2 Å². The van der Waals surface area contributed by atoms with Crippen molar-refractivity contribution < 1.29 is 0 Å². The molecule has 0 bridgehead atoms. The van der Waals surface area contributed by atoms with E-state index in [1.54, 1.807) is 0 Å². The minimum Gasteiger partial charge on any atom is -0.233 e. The molecule has 1 atom stereocenters. The van der Waals surface area contributed by atoms with Crippen LogP contribution < -0.4 is 0 Å². The monoisotopic (exact) mass is 521 g/mol. The Hall–Kier alpha value is -4.77.